The van der Waals surface area contributed by atoms with Crippen molar-refractivity contribution in [2.45, 2.75) is 13.3 Å². The van der Waals surface area contributed by atoms with Crippen molar-refractivity contribution in [1.82, 2.24) is 23.8 Å². The average molecular weight is 540 g/mol. The number of aromatic nitrogens is 4. The molecule has 3 heterocycles. The van der Waals surface area contributed by atoms with Crippen molar-refractivity contribution in [2.75, 3.05) is 26.0 Å². The first-order valence-corrected chi connectivity index (χ1v) is 12.7. The zero-order valence-corrected chi connectivity index (χ0v) is 22.7. The summed E-state index contributed by atoms with van der Waals surface area (Å²) in [5.41, 5.74) is 6.01. The number of amides is 1. The van der Waals surface area contributed by atoms with E-state index in [-0.39, 0.29) is 17.2 Å². The number of hydrogen-bond donors (Lipinski definition) is 1. The van der Waals surface area contributed by atoms with Gasteiger partial charge in [0.2, 0.25) is 0 Å². The second kappa shape index (κ2) is 10.2. The third kappa shape index (κ3) is 4.71. The van der Waals surface area contributed by atoms with Gasteiger partial charge in [0.1, 0.15) is 11.5 Å². The SMILES string of the molecule is Cc1cc(CCNc2ccc(Cl)nc2-c2ccc(C#N)cc2)c2c(c1)c(=O)n(C)c1c(C(=O)N(C)C)ncn21. The molecular formula is C29H26ClN7O2. The quantitative estimate of drug-likeness (QED) is 0.320. The standard InChI is InChI=1S/C29H26ClN7O2/c1-17-13-20(11-12-32-22-9-10-23(30)34-24(22)19-7-5-18(15-31)6-8-19)26-21(14-17)28(38)36(4)27-25(29(39)35(2)3)33-16-37(26)27/h5-10,13-14,16,32H,11-12H2,1-4H3. The van der Waals surface area contributed by atoms with Crippen LogP contribution in [0.1, 0.15) is 27.2 Å². The fourth-order valence-electron chi connectivity index (χ4n) is 4.79. The van der Waals surface area contributed by atoms with Crippen LogP contribution in [0, 0.1) is 18.3 Å². The van der Waals surface area contributed by atoms with Crippen molar-refractivity contribution >= 4 is 39.7 Å². The number of nitrogens with zero attached hydrogens (tertiary/aromatic N) is 6. The minimum absolute atomic E-state index is 0.186. The van der Waals surface area contributed by atoms with Gasteiger partial charge in [-0.2, -0.15) is 5.26 Å². The Labute approximate surface area is 229 Å². The van der Waals surface area contributed by atoms with Gasteiger partial charge in [-0.25, -0.2) is 9.97 Å². The van der Waals surface area contributed by atoms with Gasteiger partial charge in [0.15, 0.2) is 11.3 Å². The van der Waals surface area contributed by atoms with Gasteiger partial charge in [-0.05, 0) is 54.8 Å². The van der Waals surface area contributed by atoms with Crippen LogP contribution in [0.4, 0.5) is 5.69 Å². The second-order valence-corrected chi connectivity index (χ2v) is 9.95. The Morgan fingerprint density at radius 1 is 1.15 bits per heavy atom. The minimum Gasteiger partial charge on any atom is -0.383 e. The molecule has 0 atom stereocenters. The molecule has 0 aliphatic carbocycles. The number of nitrogens with one attached hydrogen (secondary N) is 1. The lowest BCUT2D eigenvalue weighted by atomic mass is 10.0. The number of carbonyl (C=O) groups is 1. The number of imidazole rings is 1. The Balaban J connectivity index is 1.54. The molecule has 3 aromatic heterocycles. The largest absolute Gasteiger partial charge is 0.383 e. The monoisotopic (exact) mass is 539 g/mol. The lowest BCUT2D eigenvalue weighted by Crippen LogP contribution is -2.26. The van der Waals surface area contributed by atoms with Crippen LogP contribution in [-0.4, -0.2) is 50.4 Å². The lowest BCUT2D eigenvalue weighted by Gasteiger charge is -2.16. The van der Waals surface area contributed by atoms with Crippen LogP contribution in [0.15, 0.2) is 59.7 Å². The molecule has 0 spiro atoms. The van der Waals surface area contributed by atoms with Gasteiger partial charge in [-0.1, -0.05) is 29.8 Å². The van der Waals surface area contributed by atoms with E-state index in [1.165, 1.54) is 9.47 Å². The molecule has 1 N–H and O–H groups in total. The van der Waals surface area contributed by atoms with Gasteiger partial charge in [0, 0.05) is 33.3 Å². The maximum absolute atomic E-state index is 13.4. The van der Waals surface area contributed by atoms with E-state index in [0.29, 0.717) is 40.4 Å². The van der Waals surface area contributed by atoms with Gasteiger partial charge < -0.3 is 10.2 Å². The maximum Gasteiger partial charge on any atom is 0.275 e. The van der Waals surface area contributed by atoms with Crippen LogP contribution >= 0.6 is 11.6 Å². The van der Waals surface area contributed by atoms with Crippen molar-refractivity contribution in [3.05, 3.63) is 92.7 Å². The topological polar surface area (TPSA) is 108 Å². The smallest absolute Gasteiger partial charge is 0.275 e. The summed E-state index contributed by atoms with van der Waals surface area (Å²) >= 11 is 6.21. The summed E-state index contributed by atoms with van der Waals surface area (Å²) in [7, 11) is 4.97. The van der Waals surface area contributed by atoms with Crippen LogP contribution in [0.25, 0.3) is 27.8 Å². The summed E-state index contributed by atoms with van der Waals surface area (Å²) in [6, 6.07) is 16.8. The number of fused-ring (bicyclic) bond motifs is 3. The Kier molecular flexibility index (Phi) is 6.81. The highest BCUT2D eigenvalue weighted by Crippen LogP contribution is 2.29. The molecule has 0 fully saturated rings. The molecular weight excluding hydrogens is 514 g/mol. The minimum atomic E-state index is -0.271. The first-order valence-electron chi connectivity index (χ1n) is 12.3. The first kappa shape index (κ1) is 25.9. The summed E-state index contributed by atoms with van der Waals surface area (Å²) in [4.78, 5) is 36.5. The molecule has 5 rings (SSSR count). The van der Waals surface area contributed by atoms with Crippen molar-refractivity contribution in [3.63, 3.8) is 0 Å². The number of nitriles is 1. The molecule has 9 nitrogen and oxygen atoms in total. The van der Waals surface area contributed by atoms with E-state index in [1.54, 1.807) is 45.7 Å². The Morgan fingerprint density at radius 3 is 2.59 bits per heavy atom. The third-order valence-corrected chi connectivity index (χ3v) is 6.85. The molecule has 0 unspecified atom stereocenters. The predicted molar refractivity (Wildman–Crippen MR) is 152 cm³/mol. The summed E-state index contributed by atoms with van der Waals surface area (Å²) in [5, 5.41) is 13.5. The number of aryl methyl sites for hydroxylation is 2. The van der Waals surface area contributed by atoms with Gasteiger partial charge >= 0.3 is 0 Å². The normalized spacial score (nSPS) is 11.1. The van der Waals surface area contributed by atoms with Crippen molar-refractivity contribution in [3.8, 4) is 17.3 Å². The van der Waals surface area contributed by atoms with Crippen LogP contribution in [0.2, 0.25) is 5.15 Å². The summed E-state index contributed by atoms with van der Waals surface area (Å²) in [6.07, 6.45) is 2.19. The van der Waals surface area contributed by atoms with E-state index >= 15 is 0 Å². The number of pyridine rings is 1. The molecule has 39 heavy (non-hydrogen) atoms. The summed E-state index contributed by atoms with van der Waals surface area (Å²) in [5.74, 6) is -0.271. The van der Waals surface area contributed by atoms with E-state index in [9.17, 15) is 9.59 Å². The zero-order valence-electron chi connectivity index (χ0n) is 22.0. The molecule has 0 aliphatic heterocycles. The first-order chi connectivity index (χ1) is 18.7. The maximum atomic E-state index is 13.4. The highest BCUT2D eigenvalue weighted by molar-refractivity contribution is 6.29. The number of carbonyl (C=O) groups excluding carboxylic acids is 1. The molecule has 10 heteroatoms. The number of halogens is 1. The lowest BCUT2D eigenvalue weighted by molar-refractivity contribution is 0.0824. The zero-order chi connectivity index (χ0) is 27.8. The number of rotatable bonds is 6. The third-order valence-electron chi connectivity index (χ3n) is 6.64. The molecule has 0 radical (unpaired) electrons. The molecule has 2 aromatic carbocycles. The van der Waals surface area contributed by atoms with Crippen molar-refractivity contribution in [2.24, 2.45) is 7.05 Å². The van der Waals surface area contributed by atoms with E-state index in [2.05, 4.69) is 27.4 Å². The molecule has 5 aromatic rings. The van der Waals surface area contributed by atoms with Gasteiger partial charge in [0.05, 0.1) is 33.9 Å². The molecule has 0 bridgehead atoms. The molecule has 196 valence electrons. The Bertz CT molecular complexity index is 1850. The number of anilines is 1. The van der Waals surface area contributed by atoms with E-state index < -0.39 is 0 Å². The van der Waals surface area contributed by atoms with E-state index in [4.69, 9.17) is 16.9 Å². The molecule has 0 aliphatic rings. The highest BCUT2D eigenvalue weighted by Gasteiger charge is 2.22. The fraction of sp³-hybridized carbons (Fsp3) is 0.207. The number of hydrogen-bond acceptors (Lipinski definition) is 6. The Hall–Kier alpha value is -4.68. The van der Waals surface area contributed by atoms with Crippen molar-refractivity contribution in [1.29, 1.82) is 5.26 Å². The molecule has 1 amide bonds. The van der Waals surface area contributed by atoms with Gasteiger partial charge in [0.25, 0.3) is 11.5 Å². The van der Waals surface area contributed by atoms with Crippen LogP contribution in [-0.2, 0) is 13.5 Å². The Morgan fingerprint density at radius 2 is 1.90 bits per heavy atom. The van der Waals surface area contributed by atoms with E-state index in [1.807, 2.05) is 35.6 Å². The summed E-state index contributed by atoms with van der Waals surface area (Å²) in [6.45, 7) is 2.50. The average Bonchev–Trinajstić information content (AvgIpc) is 3.36. The number of benzene rings is 2. The van der Waals surface area contributed by atoms with Crippen LogP contribution in [0.5, 0.6) is 0 Å². The summed E-state index contributed by atoms with van der Waals surface area (Å²) < 4.78 is 3.31. The molecule has 0 saturated heterocycles. The highest BCUT2D eigenvalue weighted by atomic mass is 35.5. The van der Waals surface area contributed by atoms with Crippen LogP contribution < -0.4 is 10.9 Å². The van der Waals surface area contributed by atoms with Gasteiger partial charge in [-0.3, -0.25) is 18.6 Å². The van der Waals surface area contributed by atoms with Crippen molar-refractivity contribution < 1.29 is 4.79 Å². The van der Waals surface area contributed by atoms with E-state index in [0.717, 1.165) is 27.9 Å². The predicted octanol–water partition coefficient (Wildman–Crippen LogP) is 4.44. The van der Waals surface area contributed by atoms with Gasteiger partial charge in [-0.15, -0.1) is 0 Å². The molecule has 0 saturated carbocycles. The van der Waals surface area contributed by atoms with Crippen LogP contribution in [0.3, 0.4) is 0 Å². The second-order valence-electron chi connectivity index (χ2n) is 9.57. The fourth-order valence-corrected chi connectivity index (χ4v) is 4.94.